The molecule has 5 nitrogen and oxygen atoms in total. The lowest BCUT2D eigenvalue weighted by Crippen LogP contribution is -2.17. The van der Waals surface area contributed by atoms with E-state index in [-0.39, 0.29) is 11.9 Å². The van der Waals surface area contributed by atoms with Gasteiger partial charge in [-0.1, -0.05) is 45.4 Å². The van der Waals surface area contributed by atoms with Gasteiger partial charge in [0.05, 0.1) is 23.7 Å². The molecule has 4 rings (SSSR count). The highest BCUT2D eigenvalue weighted by molar-refractivity contribution is 5.85. The van der Waals surface area contributed by atoms with E-state index in [2.05, 4.69) is 81.4 Å². The van der Waals surface area contributed by atoms with E-state index in [4.69, 9.17) is 16.1 Å². The molecule has 1 aliphatic carbocycles. The Bertz CT molecular complexity index is 1540. The average Bonchev–Trinajstić information content (AvgIpc) is 3.95. The smallest absolute Gasteiger partial charge is 0.129 e. The predicted molar refractivity (Wildman–Crippen MR) is 201 cm³/mol. The minimum Gasteiger partial charge on any atom is -0.490 e. The molecule has 3 N–H and O–H groups in total. The van der Waals surface area contributed by atoms with Crippen molar-refractivity contribution in [1.29, 1.82) is 0 Å². The fourth-order valence-electron chi connectivity index (χ4n) is 4.89. The number of aromatic nitrogens is 1. The molecule has 1 unspecified atom stereocenters. The second-order valence-corrected chi connectivity index (χ2v) is 10.5. The standard InChI is InChI=1S/C36H40FN3O.C2H4.C2H2.CH5N/c1-7-20-39-34(10-4)32-18-13-27(22-35(32)41-30-16-17-30)25(6)38-21-19-29-23-33(24(5)8-2)31(9-3)36(40-29)26-11-14-28(37)15-12-26;3*1-2/h1,10-15,18,20,22-24,30,38H,6,8-9,16-17,19,21H2,2-5H3;1-2H2;1-2H;2H2,1H3/b34-10-,39-20?;;;. The fraction of sp³-hybridized carbons (Fsp3) is 0.317. The lowest BCUT2D eigenvalue weighted by atomic mass is 9.89. The first kappa shape index (κ1) is 40.1. The Labute approximate surface area is 283 Å². The summed E-state index contributed by atoms with van der Waals surface area (Å²) in [4.78, 5) is 9.47. The lowest BCUT2D eigenvalue weighted by molar-refractivity contribution is 0.302. The average molecular weight is 635 g/mol. The zero-order chi connectivity index (χ0) is 35.4. The van der Waals surface area contributed by atoms with Gasteiger partial charge in [0, 0.05) is 41.0 Å². The van der Waals surface area contributed by atoms with E-state index in [1.807, 2.05) is 43.3 Å². The molecule has 3 aromatic rings. The third-order valence-corrected chi connectivity index (χ3v) is 7.52. The largest absolute Gasteiger partial charge is 0.490 e. The molecule has 1 fully saturated rings. The second kappa shape index (κ2) is 21.8. The number of terminal acetylenes is 2. The van der Waals surface area contributed by atoms with Crippen LogP contribution in [0.4, 0.5) is 4.39 Å². The molecule has 1 aliphatic rings. The summed E-state index contributed by atoms with van der Waals surface area (Å²) < 4.78 is 19.9. The number of nitrogens with zero attached hydrogens (tertiary/aromatic N) is 2. The molecule has 1 heterocycles. The zero-order valence-corrected chi connectivity index (χ0v) is 28.8. The third kappa shape index (κ3) is 11.8. The molecule has 0 spiro atoms. The molecule has 0 amide bonds. The first-order chi connectivity index (χ1) is 22.9. The number of benzene rings is 2. The summed E-state index contributed by atoms with van der Waals surface area (Å²) in [6, 6.07) is 15.0. The van der Waals surface area contributed by atoms with E-state index >= 15 is 0 Å². The number of pyridine rings is 1. The van der Waals surface area contributed by atoms with Gasteiger partial charge in [-0.2, -0.15) is 0 Å². The SMILES string of the molecule is C#C.C#CC=N/C(=C\C)c1ccc(C(=C)NCCc2cc(C(C)CC)c(CC)c(-c3ccc(F)cc3)n2)cc1OC1CC1.C=C.CN. The Balaban J connectivity index is 0.00000174. The van der Waals surface area contributed by atoms with Gasteiger partial charge in [0.15, 0.2) is 0 Å². The maximum atomic E-state index is 13.7. The van der Waals surface area contributed by atoms with E-state index < -0.39 is 0 Å². The topological polar surface area (TPSA) is 72.5 Å². The molecule has 0 radical (unpaired) electrons. The zero-order valence-electron chi connectivity index (χ0n) is 28.8. The first-order valence-electron chi connectivity index (χ1n) is 16.0. The summed E-state index contributed by atoms with van der Waals surface area (Å²) in [5.41, 5.74) is 13.4. The molecule has 1 saturated carbocycles. The van der Waals surface area contributed by atoms with Crippen LogP contribution in [0.15, 0.2) is 79.3 Å². The van der Waals surface area contributed by atoms with Crippen molar-refractivity contribution in [2.45, 2.75) is 71.8 Å². The molecule has 6 heteroatoms. The van der Waals surface area contributed by atoms with Gasteiger partial charge in [0.1, 0.15) is 11.6 Å². The van der Waals surface area contributed by atoms with Crippen LogP contribution in [-0.4, -0.2) is 30.9 Å². The highest BCUT2D eigenvalue weighted by Gasteiger charge is 2.25. The van der Waals surface area contributed by atoms with Crippen LogP contribution in [-0.2, 0) is 12.8 Å². The Morgan fingerprint density at radius 1 is 1.15 bits per heavy atom. The molecular formula is C41H51FN4O. The van der Waals surface area contributed by atoms with E-state index in [0.29, 0.717) is 12.5 Å². The number of nitrogens with two attached hydrogens (primary N) is 1. The van der Waals surface area contributed by atoms with E-state index in [1.165, 1.54) is 36.5 Å². The molecule has 0 aliphatic heterocycles. The Kier molecular flexibility index (Phi) is 18.6. The molecule has 248 valence electrons. The van der Waals surface area contributed by atoms with Crippen LogP contribution in [0.3, 0.4) is 0 Å². The number of allylic oxidation sites excluding steroid dienone is 1. The van der Waals surface area contributed by atoms with Gasteiger partial charge < -0.3 is 15.8 Å². The maximum absolute atomic E-state index is 13.7. The maximum Gasteiger partial charge on any atom is 0.129 e. The van der Waals surface area contributed by atoms with Crippen molar-refractivity contribution in [3.05, 3.63) is 108 Å². The van der Waals surface area contributed by atoms with Gasteiger partial charge in [-0.05, 0) is 99.2 Å². The molecule has 2 aromatic carbocycles. The number of halogens is 1. The number of ether oxygens (including phenoxy) is 1. The summed E-state index contributed by atoms with van der Waals surface area (Å²) in [6.45, 7) is 19.5. The van der Waals surface area contributed by atoms with Crippen LogP contribution >= 0.6 is 0 Å². The van der Waals surface area contributed by atoms with Crippen LogP contribution in [0.25, 0.3) is 22.7 Å². The highest BCUT2D eigenvalue weighted by Crippen LogP contribution is 2.35. The minimum absolute atomic E-state index is 0.242. The number of hydrogen-bond acceptors (Lipinski definition) is 5. The highest BCUT2D eigenvalue weighted by atomic mass is 19.1. The van der Waals surface area contributed by atoms with Crippen molar-refractivity contribution >= 4 is 17.6 Å². The summed E-state index contributed by atoms with van der Waals surface area (Å²) in [5, 5.41) is 3.49. The van der Waals surface area contributed by atoms with Crippen molar-refractivity contribution < 1.29 is 9.13 Å². The van der Waals surface area contributed by atoms with Crippen LogP contribution in [0.2, 0.25) is 0 Å². The van der Waals surface area contributed by atoms with Crippen molar-refractivity contribution in [3.8, 4) is 42.2 Å². The Morgan fingerprint density at radius 3 is 2.36 bits per heavy atom. The number of hydrogen-bond donors (Lipinski definition) is 2. The molecule has 1 atom stereocenters. The summed E-state index contributed by atoms with van der Waals surface area (Å²) in [7, 11) is 1.50. The first-order valence-corrected chi connectivity index (χ1v) is 16.0. The second-order valence-electron chi connectivity index (χ2n) is 10.5. The summed E-state index contributed by atoms with van der Waals surface area (Å²) >= 11 is 0. The third-order valence-electron chi connectivity index (χ3n) is 7.52. The Morgan fingerprint density at radius 2 is 1.81 bits per heavy atom. The number of nitrogens with one attached hydrogen (secondary N) is 1. The number of aliphatic imine (C=N–C) groups is 1. The lowest BCUT2D eigenvalue weighted by Gasteiger charge is -2.20. The quantitative estimate of drug-likeness (QED) is 0.112. The van der Waals surface area contributed by atoms with Crippen molar-refractivity contribution in [2.24, 2.45) is 10.7 Å². The van der Waals surface area contributed by atoms with Crippen molar-refractivity contribution in [3.63, 3.8) is 0 Å². The van der Waals surface area contributed by atoms with Crippen LogP contribution < -0.4 is 15.8 Å². The predicted octanol–water partition coefficient (Wildman–Crippen LogP) is 9.00. The number of rotatable bonds is 13. The fourth-order valence-corrected chi connectivity index (χ4v) is 4.89. The van der Waals surface area contributed by atoms with Crippen molar-refractivity contribution in [1.82, 2.24) is 10.3 Å². The van der Waals surface area contributed by atoms with E-state index in [9.17, 15) is 4.39 Å². The van der Waals surface area contributed by atoms with Crippen LogP contribution in [0.5, 0.6) is 5.75 Å². The Hall–Kier alpha value is -4.91. The molecule has 0 bridgehead atoms. The van der Waals surface area contributed by atoms with Gasteiger partial charge in [0.2, 0.25) is 0 Å². The van der Waals surface area contributed by atoms with Gasteiger partial charge >= 0.3 is 0 Å². The van der Waals surface area contributed by atoms with Gasteiger partial charge in [-0.3, -0.25) is 4.98 Å². The van der Waals surface area contributed by atoms with E-state index in [1.54, 1.807) is 0 Å². The molecular weight excluding hydrogens is 583 g/mol. The van der Waals surface area contributed by atoms with Crippen LogP contribution in [0, 0.1) is 31.0 Å². The van der Waals surface area contributed by atoms with Gasteiger partial charge in [0.25, 0.3) is 0 Å². The summed E-state index contributed by atoms with van der Waals surface area (Å²) in [5.74, 6) is 3.41. The normalized spacial score (nSPS) is 12.6. The molecule has 47 heavy (non-hydrogen) atoms. The molecule has 1 aromatic heterocycles. The monoisotopic (exact) mass is 634 g/mol. The van der Waals surface area contributed by atoms with Crippen LogP contribution in [0.1, 0.15) is 80.8 Å². The van der Waals surface area contributed by atoms with Gasteiger partial charge in [-0.25, -0.2) is 9.38 Å². The van der Waals surface area contributed by atoms with Gasteiger partial charge in [-0.15, -0.1) is 32.4 Å². The van der Waals surface area contributed by atoms with E-state index in [0.717, 1.165) is 77.3 Å². The summed E-state index contributed by atoms with van der Waals surface area (Å²) in [6.07, 6.45) is 21.8. The minimum atomic E-state index is -0.242. The van der Waals surface area contributed by atoms with Crippen molar-refractivity contribution in [2.75, 3.05) is 13.6 Å². The molecule has 0 saturated heterocycles.